The van der Waals surface area contributed by atoms with Crippen molar-refractivity contribution in [3.63, 3.8) is 0 Å². The fourth-order valence-electron chi connectivity index (χ4n) is 3.11. The molecule has 7 heteroatoms. The van der Waals surface area contributed by atoms with Gasteiger partial charge in [-0.05, 0) is 36.4 Å². The molecule has 0 bridgehead atoms. The summed E-state index contributed by atoms with van der Waals surface area (Å²) in [6.07, 6.45) is 0.0827. The van der Waals surface area contributed by atoms with E-state index in [1.807, 2.05) is 29.6 Å². The predicted molar refractivity (Wildman–Crippen MR) is 95.5 cm³/mol. The standard InChI is InChI=1S/C18H20N2O4S/c1-18(2)16(23)20(17(24)19(18)3)13(8-9-14(21)22)15-12-7-5-4-6-11(12)10-25-15/h4-7,10,13H,8-9H2,1-3H3,(H,21,22). The molecule has 2 aromatic rings. The molecular formula is C18H20N2O4S. The van der Waals surface area contributed by atoms with Crippen LogP contribution in [0.4, 0.5) is 4.79 Å². The maximum absolute atomic E-state index is 12.9. The lowest BCUT2D eigenvalue weighted by Crippen LogP contribution is -2.41. The molecule has 1 N–H and O–H groups in total. The van der Waals surface area contributed by atoms with Crippen molar-refractivity contribution < 1.29 is 19.5 Å². The van der Waals surface area contributed by atoms with E-state index in [2.05, 4.69) is 0 Å². The number of amides is 3. The van der Waals surface area contributed by atoms with Crippen LogP contribution in [-0.4, -0.2) is 45.4 Å². The minimum absolute atomic E-state index is 0.113. The average molecular weight is 360 g/mol. The molecule has 1 aromatic heterocycles. The van der Waals surface area contributed by atoms with Gasteiger partial charge in [-0.1, -0.05) is 24.3 Å². The van der Waals surface area contributed by atoms with Crippen LogP contribution < -0.4 is 0 Å². The molecule has 1 aromatic carbocycles. The van der Waals surface area contributed by atoms with Gasteiger partial charge < -0.3 is 10.0 Å². The highest BCUT2D eigenvalue weighted by molar-refractivity contribution is 7.11. The van der Waals surface area contributed by atoms with Crippen molar-refractivity contribution in [3.8, 4) is 0 Å². The summed E-state index contributed by atoms with van der Waals surface area (Å²) < 4.78 is 0. The van der Waals surface area contributed by atoms with Gasteiger partial charge in [0.15, 0.2) is 0 Å². The van der Waals surface area contributed by atoms with Crippen molar-refractivity contribution in [3.05, 3.63) is 34.5 Å². The molecule has 0 spiro atoms. The van der Waals surface area contributed by atoms with Crippen LogP contribution in [0.1, 0.15) is 37.6 Å². The Kier molecular flexibility index (Phi) is 4.28. The number of rotatable bonds is 5. The van der Waals surface area contributed by atoms with Gasteiger partial charge in [0, 0.05) is 18.3 Å². The first-order valence-corrected chi connectivity index (χ1v) is 8.92. The molecule has 25 heavy (non-hydrogen) atoms. The number of likely N-dealkylation sites (N-methyl/N-ethyl adjacent to an activating group) is 1. The fraction of sp³-hybridized carbons (Fsp3) is 0.389. The molecular weight excluding hydrogens is 340 g/mol. The van der Waals surface area contributed by atoms with Crippen LogP contribution in [0.5, 0.6) is 0 Å². The van der Waals surface area contributed by atoms with E-state index < -0.39 is 17.6 Å². The lowest BCUT2D eigenvalue weighted by molar-refractivity contribution is -0.138. The number of carboxylic acid groups (broad SMARTS) is 1. The van der Waals surface area contributed by atoms with Gasteiger partial charge in [0.05, 0.1) is 6.04 Å². The van der Waals surface area contributed by atoms with E-state index in [1.54, 1.807) is 20.9 Å². The minimum atomic E-state index is -0.947. The number of thiophene rings is 1. The summed E-state index contributed by atoms with van der Waals surface area (Å²) in [6, 6.07) is 6.76. The van der Waals surface area contributed by atoms with Crippen LogP contribution in [0.3, 0.4) is 0 Å². The second kappa shape index (κ2) is 6.15. The van der Waals surface area contributed by atoms with Crippen LogP contribution in [0.2, 0.25) is 0 Å². The highest BCUT2D eigenvalue weighted by Crippen LogP contribution is 2.41. The molecule has 1 fully saturated rings. The summed E-state index contributed by atoms with van der Waals surface area (Å²) in [4.78, 5) is 40.2. The van der Waals surface area contributed by atoms with Crippen LogP contribution >= 0.6 is 11.3 Å². The Hall–Kier alpha value is -2.41. The number of carbonyl (C=O) groups excluding carboxylic acids is 2. The second-order valence-electron chi connectivity index (χ2n) is 6.71. The number of carbonyl (C=O) groups is 3. The third kappa shape index (κ3) is 2.78. The van der Waals surface area contributed by atoms with Gasteiger partial charge in [0.2, 0.25) is 0 Å². The highest BCUT2D eigenvalue weighted by Gasteiger charge is 2.52. The molecule has 3 rings (SSSR count). The van der Waals surface area contributed by atoms with Gasteiger partial charge in [-0.3, -0.25) is 14.5 Å². The summed E-state index contributed by atoms with van der Waals surface area (Å²) in [5, 5.41) is 13.1. The number of nitrogens with zero attached hydrogens (tertiary/aromatic N) is 2. The molecule has 3 amide bonds. The normalized spacial score (nSPS) is 18.2. The fourth-order valence-corrected chi connectivity index (χ4v) is 4.26. The van der Waals surface area contributed by atoms with E-state index in [0.717, 1.165) is 15.6 Å². The summed E-state index contributed by atoms with van der Waals surface area (Å²) in [5.74, 6) is -1.24. The smallest absolute Gasteiger partial charge is 0.328 e. The number of imide groups is 1. The summed E-state index contributed by atoms with van der Waals surface area (Å²) in [5.41, 5.74) is -0.939. The monoisotopic (exact) mass is 360 g/mol. The molecule has 0 saturated carbocycles. The van der Waals surface area contributed by atoms with Crippen LogP contribution in [0, 0.1) is 0 Å². The Balaban J connectivity index is 2.08. The van der Waals surface area contributed by atoms with Gasteiger partial charge in [-0.15, -0.1) is 11.3 Å². The summed E-state index contributed by atoms with van der Waals surface area (Å²) in [7, 11) is 1.60. The number of urea groups is 1. The Labute approximate surface area is 149 Å². The molecule has 1 saturated heterocycles. The third-order valence-electron chi connectivity index (χ3n) is 4.86. The molecule has 6 nitrogen and oxygen atoms in total. The second-order valence-corrected chi connectivity index (χ2v) is 7.62. The van der Waals surface area contributed by atoms with Crippen LogP contribution in [0.15, 0.2) is 29.6 Å². The average Bonchev–Trinajstić information content (AvgIpc) is 3.05. The van der Waals surface area contributed by atoms with Crippen molar-refractivity contribution in [1.29, 1.82) is 0 Å². The Morgan fingerprint density at radius 1 is 1.28 bits per heavy atom. The number of fused-ring (bicyclic) bond motifs is 1. The number of benzene rings is 1. The van der Waals surface area contributed by atoms with Crippen LogP contribution in [0.25, 0.3) is 10.8 Å². The molecule has 0 aliphatic carbocycles. The predicted octanol–water partition coefficient (Wildman–Crippen LogP) is 3.48. The molecule has 1 aliphatic heterocycles. The van der Waals surface area contributed by atoms with Gasteiger partial charge in [-0.2, -0.15) is 0 Å². The molecule has 1 unspecified atom stereocenters. The van der Waals surface area contributed by atoms with Gasteiger partial charge in [0.25, 0.3) is 5.91 Å². The van der Waals surface area contributed by atoms with Crippen LogP contribution in [-0.2, 0) is 9.59 Å². The van der Waals surface area contributed by atoms with Crippen molar-refractivity contribution in [2.24, 2.45) is 0 Å². The van der Waals surface area contributed by atoms with Gasteiger partial charge in [-0.25, -0.2) is 4.79 Å². The Morgan fingerprint density at radius 2 is 1.96 bits per heavy atom. The largest absolute Gasteiger partial charge is 0.481 e. The van der Waals surface area contributed by atoms with E-state index in [9.17, 15) is 14.4 Å². The highest BCUT2D eigenvalue weighted by atomic mass is 32.1. The number of carboxylic acids is 1. The zero-order valence-corrected chi connectivity index (χ0v) is 15.2. The van der Waals surface area contributed by atoms with Gasteiger partial charge in [0.1, 0.15) is 5.54 Å². The lowest BCUT2D eigenvalue weighted by atomic mass is 10.0. The SMILES string of the molecule is CN1C(=O)N(C(CCC(=O)O)c2scc3ccccc23)C(=O)C1(C)C. The third-order valence-corrected chi connectivity index (χ3v) is 5.98. The molecule has 1 atom stereocenters. The first kappa shape index (κ1) is 17.4. The zero-order valence-electron chi connectivity index (χ0n) is 14.4. The number of hydrogen-bond donors (Lipinski definition) is 1. The topological polar surface area (TPSA) is 77.9 Å². The Morgan fingerprint density at radius 3 is 2.56 bits per heavy atom. The van der Waals surface area contributed by atoms with Crippen molar-refractivity contribution in [2.75, 3.05) is 7.05 Å². The van der Waals surface area contributed by atoms with Crippen molar-refractivity contribution in [2.45, 2.75) is 38.3 Å². The quantitative estimate of drug-likeness (QED) is 0.828. The zero-order chi connectivity index (χ0) is 18.4. The number of aliphatic carboxylic acids is 1. The van der Waals surface area contributed by atoms with E-state index in [-0.39, 0.29) is 24.8 Å². The molecule has 0 radical (unpaired) electrons. The van der Waals surface area contributed by atoms with E-state index in [4.69, 9.17) is 5.11 Å². The Bertz CT molecular complexity index is 858. The number of hydrogen-bond acceptors (Lipinski definition) is 4. The van der Waals surface area contributed by atoms with Gasteiger partial charge >= 0.3 is 12.0 Å². The molecule has 2 heterocycles. The summed E-state index contributed by atoms with van der Waals surface area (Å²) >= 11 is 1.46. The summed E-state index contributed by atoms with van der Waals surface area (Å²) in [6.45, 7) is 3.40. The maximum Gasteiger partial charge on any atom is 0.328 e. The molecule has 1 aliphatic rings. The lowest BCUT2D eigenvalue weighted by Gasteiger charge is -2.25. The maximum atomic E-state index is 12.9. The minimum Gasteiger partial charge on any atom is -0.481 e. The van der Waals surface area contributed by atoms with E-state index in [1.165, 1.54) is 21.1 Å². The van der Waals surface area contributed by atoms with E-state index in [0.29, 0.717) is 0 Å². The molecule has 132 valence electrons. The van der Waals surface area contributed by atoms with E-state index >= 15 is 0 Å². The first-order chi connectivity index (χ1) is 11.7. The van der Waals surface area contributed by atoms with Crippen molar-refractivity contribution in [1.82, 2.24) is 9.80 Å². The first-order valence-electron chi connectivity index (χ1n) is 8.04. The van der Waals surface area contributed by atoms with Crippen molar-refractivity contribution >= 4 is 40.0 Å².